The third-order valence-corrected chi connectivity index (χ3v) is 8.11. The first kappa shape index (κ1) is 17.6. The van der Waals surface area contributed by atoms with Crippen molar-refractivity contribution < 1.29 is 8.42 Å². The SMILES string of the molecule is Cc1cc2ncnn2cc1C1CCN(S(=O)(=O)c2cnn(C)c2Br)CC1. The van der Waals surface area contributed by atoms with Gasteiger partial charge in [-0.25, -0.2) is 17.9 Å². The van der Waals surface area contributed by atoms with Crippen LogP contribution in [0.4, 0.5) is 0 Å². The molecule has 10 heteroatoms. The van der Waals surface area contributed by atoms with E-state index in [0.717, 1.165) is 18.5 Å². The van der Waals surface area contributed by atoms with Crippen LogP contribution in [0.15, 0.2) is 34.3 Å². The predicted octanol–water partition coefficient (Wildman–Crippen LogP) is 2.10. The lowest BCUT2D eigenvalue weighted by Crippen LogP contribution is -2.38. The van der Waals surface area contributed by atoms with Crippen LogP contribution in [0.2, 0.25) is 0 Å². The second-order valence-electron chi connectivity index (χ2n) is 6.58. The van der Waals surface area contributed by atoms with Gasteiger partial charge in [-0.1, -0.05) is 0 Å². The van der Waals surface area contributed by atoms with E-state index in [1.165, 1.54) is 22.0 Å². The highest BCUT2D eigenvalue weighted by Gasteiger charge is 2.33. The highest BCUT2D eigenvalue weighted by Crippen LogP contribution is 2.33. The maximum absolute atomic E-state index is 12.9. The Labute approximate surface area is 160 Å². The minimum absolute atomic E-state index is 0.221. The first-order valence-electron chi connectivity index (χ1n) is 8.35. The number of piperidine rings is 1. The number of aromatic nitrogens is 5. The van der Waals surface area contributed by atoms with Crippen LogP contribution in [0, 0.1) is 6.92 Å². The summed E-state index contributed by atoms with van der Waals surface area (Å²) in [7, 11) is -1.83. The fraction of sp³-hybridized carbons (Fsp3) is 0.438. The number of hydrogen-bond donors (Lipinski definition) is 0. The predicted molar refractivity (Wildman–Crippen MR) is 99.4 cm³/mol. The highest BCUT2D eigenvalue weighted by molar-refractivity contribution is 9.10. The maximum Gasteiger partial charge on any atom is 0.247 e. The van der Waals surface area contributed by atoms with E-state index in [-0.39, 0.29) is 4.90 Å². The minimum Gasteiger partial charge on any atom is -0.260 e. The zero-order chi connectivity index (χ0) is 18.5. The Balaban J connectivity index is 1.55. The van der Waals surface area contributed by atoms with Crippen molar-refractivity contribution in [3.8, 4) is 0 Å². The Morgan fingerprint density at radius 3 is 2.62 bits per heavy atom. The van der Waals surface area contributed by atoms with E-state index < -0.39 is 10.0 Å². The van der Waals surface area contributed by atoms with Gasteiger partial charge in [-0.3, -0.25) is 4.68 Å². The molecule has 0 aromatic carbocycles. The molecule has 3 aromatic heterocycles. The summed E-state index contributed by atoms with van der Waals surface area (Å²) in [5.41, 5.74) is 3.21. The van der Waals surface area contributed by atoms with Crippen LogP contribution in [0.5, 0.6) is 0 Å². The molecule has 1 aliphatic heterocycles. The largest absolute Gasteiger partial charge is 0.260 e. The lowest BCUT2D eigenvalue weighted by Gasteiger charge is -2.31. The number of nitrogens with zero attached hydrogens (tertiary/aromatic N) is 6. The number of fused-ring (bicyclic) bond motifs is 1. The average Bonchev–Trinajstić information content (AvgIpc) is 3.21. The maximum atomic E-state index is 12.9. The molecule has 26 heavy (non-hydrogen) atoms. The Bertz CT molecular complexity index is 1070. The molecule has 0 aliphatic carbocycles. The van der Waals surface area contributed by atoms with Crippen LogP contribution in [0.25, 0.3) is 5.65 Å². The number of hydrogen-bond acceptors (Lipinski definition) is 5. The molecule has 4 rings (SSSR count). The van der Waals surface area contributed by atoms with Crippen molar-refractivity contribution in [1.29, 1.82) is 0 Å². The standard InChI is InChI=1S/C16H19BrN6O2S/c1-11-7-15-18-10-20-23(15)9-13(11)12-3-5-22(6-4-12)26(24,25)14-8-19-21(2)16(14)17/h7-10,12H,3-6H2,1-2H3. The summed E-state index contributed by atoms with van der Waals surface area (Å²) in [4.78, 5) is 4.43. The number of sulfonamides is 1. The van der Waals surface area contributed by atoms with Crippen molar-refractivity contribution in [3.63, 3.8) is 0 Å². The summed E-state index contributed by atoms with van der Waals surface area (Å²) in [6.45, 7) is 3.05. The van der Waals surface area contributed by atoms with Crippen LogP contribution in [-0.2, 0) is 17.1 Å². The van der Waals surface area contributed by atoms with Gasteiger partial charge >= 0.3 is 0 Å². The van der Waals surface area contributed by atoms with Gasteiger partial charge in [0.25, 0.3) is 0 Å². The van der Waals surface area contributed by atoms with Gasteiger partial charge < -0.3 is 0 Å². The number of halogens is 1. The molecule has 0 bridgehead atoms. The quantitative estimate of drug-likeness (QED) is 0.624. The molecule has 8 nitrogen and oxygen atoms in total. The van der Waals surface area contributed by atoms with E-state index in [2.05, 4.69) is 38.0 Å². The zero-order valence-corrected chi connectivity index (χ0v) is 16.9. The molecule has 3 aromatic rings. The van der Waals surface area contributed by atoms with Crippen molar-refractivity contribution >= 4 is 31.6 Å². The van der Waals surface area contributed by atoms with Gasteiger partial charge in [0.1, 0.15) is 15.8 Å². The van der Waals surface area contributed by atoms with E-state index in [1.807, 2.05) is 12.3 Å². The van der Waals surface area contributed by atoms with Crippen molar-refractivity contribution in [3.05, 3.63) is 40.5 Å². The molecule has 0 spiro atoms. The van der Waals surface area contributed by atoms with Crippen molar-refractivity contribution in [1.82, 2.24) is 28.7 Å². The molecule has 0 saturated carbocycles. The number of rotatable bonds is 3. The zero-order valence-electron chi connectivity index (χ0n) is 14.5. The van der Waals surface area contributed by atoms with Crippen LogP contribution < -0.4 is 0 Å². The van der Waals surface area contributed by atoms with Crippen LogP contribution in [0.3, 0.4) is 0 Å². The average molecular weight is 439 g/mol. The first-order valence-corrected chi connectivity index (χ1v) is 10.6. The summed E-state index contributed by atoms with van der Waals surface area (Å²) in [6.07, 6.45) is 6.51. The van der Waals surface area contributed by atoms with Gasteiger partial charge in [-0.2, -0.15) is 14.5 Å². The smallest absolute Gasteiger partial charge is 0.247 e. The fourth-order valence-corrected chi connectivity index (χ4v) is 5.82. The lowest BCUT2D eigenvalue weighted by atomic mass is 9.89. The summed E-state index contributed by atoms with van der Waals surface area (Å²) in [5.74, 6) is 0.312. The Kier molecular flexibility index (Phi) is 4.36. The molecular formula is C16H19BrN6O2S. The molecular weight excluding hydrogens is 420 g/mol. The Hall–Kier alpha value is -1.78. The Morgan fingerprint density at radius 2 is 1.96 bits per heavy atom. The second-order valence-corrected chi connectivity index (χ2v) is 9.23. The van der Waals surface area contributed by atoms with Gasteiger partial charge in [0.05, 0.1) is 6.20 Å². The van der Waals surface area contributed by atoms with Gasteiger partial charge in [-0.15, -0.1) is 0 Å². The second kappa shape index (κ2) is 6.43. The monoisotopic (exact) mass is 438 g/mol. The van der Waals surface area contributed by atoms with Gasteiger partial charge in [0, 0.05) is 26.3 Å². The molecule has 138 valence electrons. The third kappa shape index (κ3) is 2.85. The van der Waals surface area contributed by atoms with Gasteiger partial charge in [-0.05, 0) is 58.8 Å². The molecule has 0 amide bonds. The third-order valence-electron chi connectivity index (χ3n) is 5.01. The molecule has 0 radical (unpaired) electrons. The molecule has 1 saturated heterocycles. The minimum atomic E-state index is -3.54. The van der Waals surface area contributed by atoms with E-state index in [4.69, 9.17) is 0 Å². The molecule has 1 fully saturated rings. The molecule has 4 heterocycles. The molecule has 0 atom stereocenters. The first-order chi connectivity index (χ1) is 12.4. The lowest BCUT2D eigenvalue weighted by molar-refractivity contribution is 0.318. The Morgan fingerprint density at radius 1 is 1.23 bits per heavy atom. The molecule has 0 unspecified atom stereocenters. The number of pyridine rings is 1. The van der Waals surface area contributed by atoms with Gasteiger partial charge in [0.15, 0.2) is 5.65 Å². The van der Waals surface area contributed by atoms with E-state index in [1.54, 1.807) is 22.2 Å². The van der Waals surface area contributed by atoms with E-state index in [9.17, 15) is 8.42 Å². The summed E-state index contributed by atoms with van der Waals surface area (Å²) in [6, 6.07) is 2.03. The summed E-state index contributed by atoms with van der Waals surface area (Å²) >= 11 is 3.31. The van der Waals surface area contributed by atoms with Crippen molar-refractivity contribution in [2.45, 2.75) is 30.6 Å². The number of aryl methyl sites for hydroxylation is 2. The highest BCUT2D eigenvalue weighted by atomic mass is 79.9. The van der Waals surface area contributed by atoms with Crippen molar-refractivity contribution in [2.75, 3.05) is 13.1 Å². The normalized spacial score (nSPS) is 17.2. The molecule has 0 N–H and O–H groups in total. The van der Waals surface area contributed by atoms with Crippen LogP contribution >= 0.6 is 15.9 Å². The van der Waals surface area contributed by atoms with Crippen molar-refractivity contribution in [2.24, 2.45) is 7.05 Å². The van der Waals surface area contributed by atoms with Crippen LogP contribution in [0.1, 0.15) is 29.9 Å². The fourth-order valence-electron chi connectivity index (χ4n) is 3.52. The molecule has 1 aliphatic rings. The summed E-state index contributed by atoms with van der Waals surface area (Å²) < 4.78 is 31.1. The summed E-state index contributed by atoms with van der Waals surface area (Å²) in [5, 5.41) is 8.23. The van der Waals surface area contributed by atoms with E-state index >= 15 is 0 Å². The van der Waals surface area contributed by atoms with Gasteiger partial charge in [0.2, 0.25) is 10.0 Å². The van der Waals surface area contributed by atoms with E-state index in [0.29, 0.717) is 23.6 Å². The van der Waals surface area contributed by atoms with Crippen LogP contribution in [-0.4, -0.2) is 50.2 Å². The topological polar surface area (TPSA) is 85.4 Å².